The average molecular weight is 338 g/mol. The van der Waals surface area contributed by atoms with Crippen LogP contribution < -0.4 is 10.6 Å². The third kappa shape index (κ3) is 7.65. The van der Waals surface area contributed by atoms with Crippen molar-refractivity contribution in [2.24, 2.45) is 0 Å². The zero-order valence-electron chi connectivity index (χ0n) is 15.0. The monoisotopic (exact) mass is 338 g/mol. The van der Waals surface area contributed by atoms with Crippen LogP contribution in [0.1, 0.15) is 83.5 Å². The molecule has 0 aromatic heterocycles. The van der Waals surface area contributed by atoms with Crippen molar-refractivity contribution in [3.8, 4) is 0 Å². The van der Waals surface area contributed by atoms with Gasteiger partial charge in [-0.1, -0.05) is 57.8 Å². The van der Waals surface area contributed by atoms with Gasteiger partial charge in [-0.15, -0.1) is 0 Å². The first kappa shape index (κ1) is 19.2. The van der Waals surface area contributed by atoms with Crippen LogP contribution in [0.4, 0.5) is 0 Å². The normalized spacial score (nSPS) is 24.6. The number of hydrogen-bond acceptors (Lipinski definition) is 3. The summed E-state index contributed by atoms with van der Waals surface area (Å²) >= 11 is 0. The molecule has 0 bridgehead atoms. The molecule has 2 fully saturated rings. The second kappa shape index (κ2) is 11.5. The fraction of sp³-hybridized carbons (Fsp3) is 0.895. The van der Waals surface area contributed by atoms with Gasteiger partial charge in [0.2, 0.25) is 0 Å². The van der Waals surface area contributed by atoms with Crippen molar-refractivity contribution in [1.29, 1.82) is 0 Å². The number of rotatable bonds is 3. The first-order valence-corrected chi connectivity index (χ1v) is 9.96. The molecule has 1 aliphatic heterocycles. The minimum atomic E-state index is -0.517. The van der Waals surface area contributed by atoms with E-state index in [1.807, 2.05) is 0 Å². The zero-order valence-corrected chi connectivity index (χ0v) is 15.0. The maximum atomic E-state index is 12.1. The predicted octanol–water partition coefficient (Wildman–Crippen LogP) is 3.07. The van der Waals surface area contributed by atoms with Gasteiger partial charge in [-0.25, -0.2) is 0 Å². The Bertz CT molecular complexity index is 369. The Balaban J connectivity index is 1.70. The summed E-state index contributed by atoms with van der Waals surface area (Å²) in [5.74, 6) is -0.998. The van der Waals surface area contributed by atoms with Gasteiger partial charge in [-0.3, -0.25) is 9.59 Å². The van der Waals surface area contributed by atoms with E-state index in [2.05, 4.69) is 10.6 Å². The second-order valence-electron chi connectivity index (χ2n) is 7.27. The summed E-state index contributed by atoms with van der Waals surface area (Å²) in [6.07, 6.45) is 15.4. The van der Waals surface area contributed by atoms with Gasteiger partial charge in [0, 0.05) is 19.2 Å². The van der Waals surface area contributed by atoms with E-state index < -0.39 is 11.8 Å². The van der Waals surface area contributed by atoms with Crippen LogP contribution in [0.2, 0.25) is 0 Å². The molecular weight excluding hydrogens is 304 g/mol. The van der Waals surface area contributed by atoms with Gasteiger partial charge in [0.1, 0.15) is 0 Å². The predicted molar refractivity (Wildman–Crippen MR) is 94.7 cm³/mol. The van der Waals surface area contributed by atoms with Crippen molar-refractivity contribution >= 4 is 11.8 Å². The third-order valence-electron chi connectivity index (χ3n) is 5.16. The Morgan fingerprint density at radius 1 is 0.750 bits per heavy atom. The van der Waals surface area contributed by atoms with Crippen molar-refractivity contribution in [2.75, 3.05) is 13.2 Å². The summed E-state index contributed by atoms with van der Waals surface area (Å²) in [7, 11) is 0. The highest BCUT2D eigenvalue weighted by Crippen LogP contribution is 2.17. The van der Waals surface area contributed by atoms with Gasteiger partial charge in [-0.2, -0.15) is 0 Å². The Morgan fingerprint density at radius 2 is 1.33 bits per heavy atom. The van der Waals surface area contributed by atoms with Crippen molar-refractivity contribution in [1.82, 2.24) is 10.6 Å². The summed E-state index contributed by atoms with van der Waals surface area (Å²) in [5, 5.41) is 5.66. The fourth-order valence-electron chi connectivity index (χ4n) is 3.65. The molecule has 1 aliphatic carbocycles. The number of ether oxygens (including phenoxy) is 1. The highest BCUT2D eigenvalue weighted by atomic mass is 16.5. The maximum absolute atomic E-state index is 12.1. The van der Waals surface area contributed by atoms with Gasteiger partial charge in [-0.05, 0) is 25.7 Å². The Hall–Kier alpha value is -1.10. The van der Waals surface area contributed by atoms with Crippen LogP contribution in [0.25, 0.3) is 0 Å². The Labute approximate surface area is 146 Å². The van der Waals surface area contributed by atoms with E-state index in [1.54, 1.807) is 0 Å². The van der Waals surface area contributed by atoms with Crippen molar-refractivity contribution in [3.05, 3.63) is 0 Å². The van der Waals surface area contributed by atoms with Crippen LogP contribution >= 0.6 is 0 Å². The van der Waals surface area contributed by atoms with Gasteiger partial charge < -0.3 is 15.4 Å². The number of hydrogen-bond donors (Lipinski definition) is 2. The highest BCUT2D eigenvalue weighted by molar-refractivity contribution is 6.35. The largest absolute Gasteiger partial charge is 0.376 e. The topological polar surface area (TPSA) is 67.4 Å². The minimum Gasteiger partial charge on any atom is -0.376 e. The first-order valence-electron chi connectivity index (χ1n) is 9.96. The summed E-state index contributed by atoms with van der Waals surface area (Å²) < 4.78 is 5.46. The molecule has 138 valence electrons. The molecule has 24 heavy (non-hydrogen) atoms. The molecule has 5 nitrogen and oxygen atoms in total. The zero-order chi connectivity index (χ0) is 17.0. The van der Waals surface area contributed by atoms with Crippen molar-refractivity contribution < 1.29 is 14.3 Å². The molecule has 1 unspecified atom stereocenters. The van der Waals surface area contributed by atoms with Crippen LogP contribution in [0.3, 0.4) is 0 Å². The molecule has 0 spiro atoms. The molecule has 0 radical (unpaired) electrons. The van der Waals surface area contributed by atoms with Gasteiger partial charge in [0.05, 0.1) is 6.10 Å². The molecule has 2 amide bonds. The minimum absolute atomic E-state index is 0.0723. The number of carbonyl (C=O) groups is 2. The lowest BCUT2D eigenvalue weighted by Crippen LogP contribution is -2.46. The summed E-state index contributed by atoms with van der Waals surface area (Å²) in [6.45, 7) is 1.20. The van der Waals surface area contributed by atoms with Gasteiger partial charge >= 0.3 is 11.8 Å². The Morgan fingerprint density at radius 3 is 1.88 bits per heavy atom. The quantitative estimate of drug-likeness (QED) is 0.777. The maximum Gasteiger partial charge on any atom is 0.309 e. The average Bonchev–Trinajstić information content (AvgIpc) is 3.08. The lowest BCUT2D eigenvalue weighted by atomic mass is 9.98. The summed E-state index contributed by atoms with van der Waals surface area (Å²) in [5.41, 5.74) is 0. The van der Waals surface area contributed by atoms with Crippen LogP contribution in [0.5, 0.6) is 0 Å². The molecular formula is C19H34N2O3. The molecule has 1 heterocycles. The molecule has 0 aromatic rings. The number of nitrogens with one attached hydrogen (secondary N) is 2. The van der Waals surface area contributed by atoms with Crippen molar-refractivity contribution in [3.63, 3.8) is 0 Å². The summed E-state index contributed by atoms with van der Waals surface area (Å²) in [6, 6.07) is 0.144. The molecule has 0 aromatic carbocycles. The van der Waals surface area contributed by atoms with E-state index in [0.29, 0.717) is 6.54 Å². The van der Waals surface area contributed by atoms with E-state index in [1.165, 1.54) is 44.9 Å². The second-order valence-corrected chi connectivity index (χ2v) is 7.27. The number of carbonyl (C=O) groups excluding carboxylic acids is 2. The smallest absolute Gasteiger partial charge is 0.309 e. The molecule has 5 heteroatoms. The van der Waals surface area contributed by atoms with E-state index in [-0.39, 0.29) is 12.1 Å². The molecule has 1 saturated heterocycles. The molecule has 1 saturated carbocycles. The fourth-order valence-corrected chi connectivity index (χ4v) is 3.65. The van der Waals surface area contributed by atoms with E-state index in [0.717, 1.165) is 45.1 Å². The van der Waals surface area contributed by atoms with Crippen LogP contribution in [0, 0.1) is 0 Å². The SMILES string of the molecule is O=C(NCC1CCCO1)C(=O)NC1CCCCCCCCCCC1. The highest BCUT2D eigenvalue weighted by Gasteiger charge is 2.21. The first-order chi connectivity index (χ1) is 11.8. The standard InChI is InChI=1S/C19H34N2O3/c22-18(20-15-17-13-10-14-24-17)19(23)21-16-11-8-6-4-2-1-3-5-7-9-12-16/h16-17H,1-15H2,(H,20,22)(H,21,23). The van der Waals surface area contributed by atoms with Crippen LogP contribution in [-0.2, 0) is 14.3 Å². The van der Waals surface area contributed by atoms with Gasteiger partial charge in [0.15, 0.2) is 0 Å². The molecule has 2 N–H and O–H groups in total. The number of amides is 2. The van der Waals surface area contributed by atoms with E-state index >= 15 is 0 Å². The van der Waals surface area contributed by atoms with Crippen molar-refractivity contribution in [2.45, 2.75) is 95.6 Å². The van der Waals surface area contributed by atoms with Crippen LogP contribution in [-0.4, -0.2) is 37.1 Å². The molecule has 1 atom stereocenters. The molecule has 2 aliphatic rings. The third-order valence-corrected chi connectivity index (χ3v) is 5.16. The van der Waals surface area contributed by atoms with E-state index in [9.17, 15) is 9.59 Å². The van der Waals surface area contributed by atoms with Gasteiger partial charge in [0.25, 0.3) is 0 Å². The van der Waals surface area contributed by atoms with E-state index in [4.69, 9.17) is 4.74 Å². The lowest BCUT2D eigenvalue weighted by molar-refractivity contribution is -0.140. The summed E-state index contributed by atoms with van der Waals surface area (Å²) in [4.78, 5) is 24.1. The molecule has 2 rings (SSSR count). The van der Waals surface area contributed by atoms with Crippen LogP contribution in [0.15, 0.2) is 0 Å². The lowest BCUT2D eigenvalue weighted by Gasteiger charge is -2.19. The Kier molecular flexibility index (Phi) is 9.18.